The number of aryl methyl sites for hydroxylation is 2. The normalized spacial score (nSPS) is 12.9. The average Bonchev–Trinajstić information content (AvgIpc) is 3.54. The largest absolute Gasteiger partial charge is 0.468 e. The summed E-state index contributed by atoms with van der Waals surface area (Å²) in [5.41, 5.74) is 3.81. The number of halogens is 1. The second-order valence-electron chi connectivity index (χ2n) is 10.7. The van der Waals surface area contributed by atoms with Crippen LogP contribution in [0, 0.1) is 13.8 Å². The molecule has 0 spiro atoms. The molecule has 3 aromatic heterocycles. The summed E-state index contributed by atoms with van der Waals surface area (Å²) in [6, 6.07) is 17.0. The van der Waals surface area contributed by atoms with E-state index in [2.05, 4.69) is 44.5 Å². The number of furan rings is 1. The van der Waals surface area contributed by atoms with Gasteiger partial charge in [-0.3, -0.25) is 9.69 Å². The number of H-pyrrole nitrogens is 1. The Morgan fingerprint density at radius 2 is 1.87 bits per heavy atom. The predicted octanol–water partition coefficient (Wildman–Crippen LogP) is 5.92. The number of rotatable bonds is 7. The lowest BCUT2D eigenvalue weighted by molar-refractivity contribution is 0.171. The van der Waals surface area contributed by atoms with E-state index in [4.69, 9.17) is 16.0 Å². The zero-order chi connectivity index (χ0) is 27.0. The van der Waals surface area contributed by atoms with Gasteiger partial charge in [-0.05, 0) is 91.9 Å². The number of aromatic nitrogens is 5. The van der Waals surface area contributed by atoms with Gasteiger partial charge in [0.2, 0.25) is 0 Å². The zero-order valence-corrected chi connectivity index (χ0v) is 23.0. The minimum atomic E-state index is -0.598. The van der Waals surface area contributed by atoms with Gasteiger partial charge in [-0.2, -0.15) is 0 Å². The fourth-order valence-corrected chi connectivity index (χ4v) is 5.13. The Labute approximate surface area is 226 Å². The maximum atomic E-state index is 13.8. The number of nitrogens with zero attached hydrogens (tertiary/aromatic N) is 5. The highest BCUT2D eigenvalue weighted by molar-refractivity contribution is 6.31. The first-order chi connectivity index (χ1) is 18.1. The van der Waals surface area contributed by atoms with E-state index in [0.717, 1.165) is 33.4 Å². The molecule has 8 nitrogen and oxygen atoms in total. The standard InChI is InChI=1S/C29H31ClN6O2/c1-18-13-19(2)25-21(14-18)15-23(28(37)31-25)26(27-32-33-34-36(27)29(3,4)5)35(17-22-10-8-12-38-22)16-20-9-6-7-11-24(20)30/h6-15,26H,16-17H2,1-5H3,(H,31,37). The molecule has 1 atom stereocenters. The number of nitrogens with one attached hydrogen (secondary N) is 1. The van der Waals surface area contributed by atoms with Crippen molar-refractivity contribution in [3.63, 3.8) is 0 Å². The Kier molecular flexibility index (Phi) is 6.94. The minimum absolute atomic E-state index is 0.193. The van der Waals surface area contributed by atoms with Gasteiger partial charge >= 0.3 is 0 Å². The molecule has 0 aliphatic rings. The van der Waals surface area contributed by atoms with Gasteiger partial charge in [0.1, 0.15) is 11.8 Å². The number of aromatic amines is 1. The van der Waals surface area contributed by atoms with E-state index in [1.165, 1.54) is 0 Å². The van der Waals surface area contributed by atoms with Crippen molar-refractivity contribution in [2.45, 2.75) is 59.3 Å². The Hall–Kier alpha value is -3.75. The molecule has 0 saturated carbocycles. The van der Waals surface area contributed by atoms with Gasteiger partial charge in [-0.15, -0.1) is 5.10 Å². The summed E-state index contributed by atoms with van der Waals surface area (Å²) in [6.07, 6.45) is 1.64. The minimum Gasteiger partial charge on any atom is -0.468 e. The third-order valence-corrected chi connectivity index (χ3v) is 6.99. The van der Waals surface area contributed by atoms with Gasteiger partial charge in [0.05, 0.1) is 23.9 Å². The second kappa shape index (κ2) is 10.2. The quantitative estimate of drug-likeness (QED) is 0.280. The van der Waals surface area contributed by atoms with Gasteiger partial charge in [0.15, 0.2) is 5.82 Å². The van der Waals surface area contributed by atoms with Crippen LogP contribution in [0.2, 0.25) is 5.02 Å². The molecular weight excluding hydrogens is 500 g/mol. The Morgan fingerprint density at radius 3 is 2.58 bits per heavy atom. The third kappa shape index (κ3) is 5.14. The van der Waals surface area contributed by atoms with Gasteiger partial charge < -0.3 is 9.40 Å². The van der Waals surface area contributed by atoms with Crippen molar-refractivity contribution in [3.05, 3.63) is 110 Å². The summed E-state index contributed by atoms with van der Waals surface area (Å²) in [5, 5.41) is 14.4. The van der Waals surface area contributed by atoms with Crippen molar-refractivity contribution in [3.8, 4) is 0 Å². The van der Waals surface area contributed by atoms with Gasteiger partial charge in [-0.25, -0.2) is 4.68 Å². The van der Waals surface area contributed by atoms with Crippen LogP contribution in [-0.4, -0.2) is 30.1 Å². The van der Waals surface area contributed by atoms with Crippen LogP contribution < -0.4 is 5.56 Å². The van der Waals surface area contributed by atoms with Crippen LogP contribution >= 0.6 is 11.6 Å². The first-order valence-electron chi connectivity index (χ1n) is 12.5. The van der Waals surface area contributed by atoms with Crippen molar-refractivity contribution in [1.82, 2.24) is 30.1 Å². The maximum Gasteiger partial charge on any atom is 0.253 e. The van der Waals surface area contributed by atoms with Gasteiger partial charge in [0, 0.05) is 17.1 Å². The van der Waals surface area contributed by atoms with E-state index >= 15 is 0 Å². The van der Waals surface area contributed by atoms with E-state index in [9.17, 15) is 4.79 Å². The molecule has 9 heteroatoms. The van der Waals surface area contributed by atoms with Crippen LogP contribution in [0.1, 0.15) is 60.7 Å². The van der Waals surface area contributed by atoms with E-state index in [1.54, 1.807) is 10.9 Å². The molecule has 0 radical (unpaired) electrons. The first-order valence-corrected chi connectivity index (χ1v) is 12.9. The van der Waals surface area contributed by atoms with Crippen LogP contribution in [0.25, 0.3) is 10.9 Å². The van der Waals surface area contributed by atoms with Crippen LogP contribution in [-0.2, 0) is 18.6 Å². The van der Waals surface area contributed by atoms with Gasteiger partial charge in [-0.1, -0.05) is 41.4 Å². The number of hydrogen-bond donors (Lipinski definition) is 1. The lowest BCUT2D eigenvalue weighted by atomic mass is 9.99. The van der Waals surface area contributed by atoms with E-state index in [0.29, 0.717) is 29.5 Å². The van der Waals surface area contributed by atoms with Crippen molar-refractivity contribution < 1.29 is 4.42 Å². The number of pyridine rings is 1. The lowest BCUT2D eigenvalue weighted by Gasteiger charge is -2.32. The van der Waals surface area contributed by atoms with E-state index in [1.807, 2.05) is 70.2 Å². The van der Waals surface area contributed by atoms with Crippen LogP contribution in [0.5, 0.6) is 0 Å². The zero-order valence-electron chi connectivity index (χ0n) is 22.2. The fourth-order valence-electron chi connectivity index (χ4n) is 4.93. The smallest absolute Gasteiger partial charge is 0.253 e. The Balaban J connectivity index is 1.76. The molecule has 1 unspecified atom stereocenters. The summed E-state index contributed by atoms with van der Waals surface area (Å²) < 4.78 is 7.53. The highest BCUT2D eigenvalue weighted by Crippen LogP contribution is 2.33. The molecule has 38 heavy (non-hydrogen) atoms. The molecule has 0 saturated heterocycles. The van der Waals surface area contributed by atoms with E-state index < -0.39 is 11.6 Å². The monoisotopic (exact) mass is 530 g/mol. The average molecular weight is 531 g/mol. The summed E-state index contributed by atoms with van der Waals surface area (Å²) in [5.74, 6) is 1.31. The maximum absolute atomic E-state index is 13.8. The van der Waals surface area contributed by atoms with Crippen molar-refractivity contribution >= 4 is 22.5 Å². The molecule has 5 aromatic rings. The Morgan fingerprint density at radius 1 is 1.08 bits per heavy atom. The molecule has 0 amide bonds. The first kappa shape index (κ1) is 25.9. The van der Waals surface area contributed by atoms with Gasteiger partial charge in [0.25, 0.3) is 5.56 Å². The predicted molar refractivity (Wildman–Crippen MR) is 148 cm³/mol. The molecular formula is C29H31ClN6O2. The summed E-state index contributed by atoms with van der Waals surface area (Å²) in [7, 11) is 0. The molecule has 2 aromatic carbocycles. The van der Waals surface area contributed by atoms with Crippen LogP contribution in [0.3, 0.4) is 0 Å². The summed E-state index contributed by atoms with van der Waals surface area (Å²) >= 11 is 6.61. The molecule has 0 fully saturated rings. The Bertz CT molecular complexity index is 1630. The number of fused-ring (bicyclic) bond motifs is 1. The third-order valence-electron chi connectivity index (χ3n) is 6.63. The molecule has 3 heterocycles. The highest BCUT2D eigenvalue weighted by atomic mass is 35.5. The number of benzene rings is 2. The topological polar surface area (TPSA) is 92.8 Å². The summed E-state index contributed by atoms with van der Waals surface area (Å²) in [6.45, 7) is 11.0. The molecule has 196 valence electrons. The van der Waals surface area contributed by atoms with Crippen LogP contribution in [0.4, 0.5) is 0 Å². The van der Waals surface area contributed by atoms with Crippen molar-refractivity contribution in [2.24, 2.45) is 0 Å². The number of hydrogen-bond acceptors (Lipinski definition) is 6. The fraction of sp³-hybridized carbons (Fsp3) is 0.310. The second-order valence-corrected chi connectivity index (χ2v) is 11.1. The molecule has 0 bridgehead atoms. The highest BCUT2D eigenvalue weighted by Gasteiger charge is 2.34. The summed E-state index contributed by atoms with van der Waals surface area (Å²) in [4.78, 5) is 19.1. The lowest BCUT2D eigenvalue weighted by Crippen LogP contribution is -2.37. The van der Waals surface area contributed by atoms with Crippen molar-refractivity contribution in [2.75, 3.05) is 0 Å². The van der Waals surface area contributed by atoms with Crippen molar-refractivity contribution in [1.29, 1.82) is 0 Å². The SMILES string of the molecule is Cc1cc(C)c2[nH]c(=O)c(C(c3nnnn3C(C)(C)C)N(Cc3ccco3)Cc3ccccc3Cl)cc2c1. The van der Waals surface area contributed by atoms with Crippen LogP contribution in [0.15, 0.2) is 70.1 Å². The number of tetrazole rings is 1. The molecule has 0 aliphatic heterocycles. The molecule has 1 N–H and O–H groups in total. The molecule has 0 aliphatic carbocycles. The van der Waals surface area contributed by atoms with E-state index in [-0.39, 0.29) is 5.56 Å². The molecule has 5 rings (SSSR count).